The van der Waals surface area contributed by atoms with Gasteiger partial charge in [-0.15, -0.1) is 13.2 Å². The third-order valence-corrected chi connectivity index (χ3v) is 3.43. The Hall–Kier alpha value is -0.820. The fourth-order valence-electron chi connectivity index (χ4n) is 2.01. The normalized spacial score (nSPS) is 9.52. The summed E-state index contributed by atoms with van der Waals surface area (Å²) in [6, 6.07) is 0. The Morgan fingerprint density at radius 1 is 0.778 bits per heavy atom. The SMILES string of the molecule is C=C.C=C/C(CCCC)=C(\C)CCCCC.CC.CCC.CCCNCC. The predicted octanol–water partition coefficient (Wildman–Crippen LogP) is 9.51. The largest absolute Gasteiger partial charge is 0.317 e. The van der Waals surface area contributed by atoms with E-state index in [0.29, 0.717) is 0 Å². The number of rotatable bonds is 11. The highest BCUT2D eigenvalue weighted by atomic mass is 14.8. The first-order valence-corrected chi connectivity index (χ1v) is 11.6. The van der Waals surface area contributed by atoms with Gasteiger partial charge in [0.2, 0.25) is 0 Å². The molecule has 0 spiro atoms. The minimum atomic E-state index is 1.10. The lowest BCUT2D eigenvalue weighted by atomic mass is 9.99. The summed E-state index contributed by atoms with van der Waals surface area (Å²) in [5.41, 5.74) is 3.05. The second-order valence-electron chi connectivity index (χ2n) is 6.13. The molecule has 0 aliphatic heterocycles. The van der Waals surface area contributed by atoms with E-state index in [4.69, 9.17) is 0 Å². The van der Waals surface area contributed by atoms with Crippen molar-refractivity contribution in [2.75, 3.05) is 13.1 Å². The first kappa shape index (κ1) is 37.0. The first-order chi connectivity index (χ1) is 13.1. The summed E-state index contributed by atoms with van der Waals surface area (Å²) in [7, 11) is 0. The molecule has 166 valence electrons. The maximum Gasteiger partial charge on any atom is -0.00517 e. The molecule has 0 saturated carbocycles. The maximum absolute atomic E-state index is 3.91. The van der Waals surface area contributed by atoms with Gasteiger partial charge in [-0.1, -0.05) is 99.3 Å². The quantitative estimate of drug-likeness (QED) is 0.213. The van der Waals surface area contributed by atoms with Crippen molar-refractivity contribution in [1.29, 1.82) is 0 Å². The molecule has 0 heterocycles. The van der Waals surface area contributed by atoms with Crippen LogP contribution in [0.2, 0.25) is 0 Å². The monoisotopic (exact) mass is 383 g/mol. The molecule has 0 bridgehead atoms. The van der Waals surface area contributed by atoms with Gasteiger partial charge in [0.25, 0.3) is 0 Å². The van der Waals surface area contributed by atoms with E-state index in [9.17, 15) is 0 Å². The Bertz CT molecular complexity index is 249. The smallest absolute Gasteiger partial charge is 0.00517 e. The molecule has 0 atom stereocenters. The molecule has 0 unspecified atom stereocenters. The van der Waals surface area contributed by atoms with Gasteiger partial charge in [-0.2, -0.15) is 0 Å². The fraction of sp³-hybridized carbons (Fsp3) is 0.769. The van der Waals surface area contributed by atoms with Crippen molar-refractivity contribution in [2.24, 2.45) is 0 Å². The van der Waals surface area contributed by atoms with Crippen LogP contribution in [0, 0.1) is 0 Å². The summed E-state index contributed by atoms with van der Waals surface area (Å²) in [6.45, 7) is 31.5. The highest BCUT2D eigenvalue weighted by Gasteiger charge is 1.98. The van der Waals surface area contributed by atoms with E-state index >= 15 is 0 Å². The summed E-state index contributed by atoms with van der Waals surface area (Å²) in [5, 5.41) is 3.20. The van der Waals surface area contributed by atoms with Crippen LogP contribution in [0.1, 0.15) is 120 Å². The molecule has 0 radical (unpaired) electrons. The molecule has 0 rings (SSSR count). The molecule has 0 fully saturated rings. The average molecular weight is 384 g/mol. The van der Waals surface area contributed by atoms with E-state index in [-0.39, 0.29) is 0 Å². The minimum absolute atomic E-state index is 1.10. The van der Waals surface area contributed by atoms with Gasteiger partial charge in [0.1, 0.15) is 0 Å². The Morgan fingerprint density at radius 2 is 1.26 bits per heavy atom. The van der Waals surface area contributed by atoms with E-state index in [1.165, 1.54) is 63.4 Å². The van der Waals surface area contributed by atoms with E-state index in [1.54, 1.807) is 5.57 Å². The van der Waals surface area contributed by atoms with Crippen LogP contribution in [-0.4, -0.2) is 13.1 Å². The van der Waals surface area contributed by atoms with Crippen molar-refractivity contribution in [2.45, 2.75) is 120 Å². The van der Waals surface area contributed by atoms with E-state index in [2.05, 4.69) is 79.6 Å². The molecular weight excluding hydrogens is 326 g/mol. The molecule has 27 heavy (non-hydrogen) atoms. The maximum atomic E-state index is 3.91. The van der Waals surface area contributed by atoms with Crippen molar-refractivity contribution >= 4 is 0 Å². The Labute approximate surface area is 175 Å². The van der Waals surface area contributed by atoms with Crippen molar-refractivity contribution in [1.82, 2.24) is 5.32 Å². The number of nitrogens with one attached hydrogen (secondary N) is 1. The Balaban J connectivity index is -0.000000103. The average Bonchev–Trinajstić information content (AvgIpc) is 2.71. The van der Waals surface area contributed by atoms with Gasteiger partial charge >= 0.3 is 0 Å². The van der Waals surface area contributed by atoms with Crippen molar-refractivity contribution in [3.8, 4) is 0 Å². The van der Waals surface area contributed by atoms with Gasteiger partial charge in [0, 0.05) is 0 Å². The molecule has 1 nitrogen and oxygen atoms in total. The Kier molecular flexibility index (Phi) is 61.0. The van der Waals surface area contributed by atoms with Crippen LogP contribution in [0.4, 0.5) is 0 Å². The fourth-order valence-corrected chi connectivity index (χ4v) is 2.01. The highest BCUT2D eigenvalue weighted by molar-refractivity contribution is 5.22. The summed E-state index contributed by atoms with van der Waals surface area (Å²) in [4.78, 5) is 0. The van der Waals surface area contributed by atoms with Crippen LogP contribution in [0.5, 0.6) is 0 Å². The topological polar surface area (TPSA) is 12.0 Å². The zero-order valence-corrected chi connectivity index (χ0v) is 21.0. The molecule has 1 heteroatoms. The number of unbranched alkanes of at least 4 members (excludes halogenated alkanes) is 3. The lowest BCUT2D eigenvalue weighted by molar-refractivity contribution is 0.703. The predicted molar refractivity (Wildman–Crippen MR) is 134 cm³/mol. The molecule has 0 amide bonds. The van der Waals surface area contributed by atoms with Gasteiger partial charge in [-0.25, -0.2) is 0 Å². The van der Waals surface area contributed by atoms with Crippen LogP contribution in [-0.2, 0) is 0 Å². The summed E-state index contributed by atoms with van der Waals surface area (Å²) < 4.78 is 0. The van der Waals surface area contributed by atoms with Gasteiger partial charge in [0.15, 0.2) is 0 Å². The third kappa shape index (κ3) is 45.8. The summed E-state index contributed by atoms with van der Waals surface area (Å²) in [6.07, 6.45) is 13.6. The third-order valence-electron chi connectivity index (χ3n) is 3.43. The molecule has 1 N–H and O–H groups in total. The number of hydrogen-bond acceptors (Lipinski definition) is 1. The van der Waals surface area contributed by atoms with E-state index in [1.807, 2.05) is 13.8 Å². The second-order valence-corrected chi connectivity index (χ2v) is 6.13. The van der Waals surface area contributed by atoms with Crippen molar-refractivity contribution in [3.63, 3.8) is 0 Å². The van der Waals surface area contributed by atoms with Crippen molar-refractivity contribution < 1.29 is 0 Å². The van der Waals surface area contributed by atoms with Crippen LogP contribution >= 0.6 is 0 Å². The van der Waals surface area contributed by atoms with E-state index in [0.717, 1.165) is 13.1 Å². The van der Waals surface area contributed by atoms with Crippen LogP contribution < -0.4 is 5.32 Å². The van der Waals surface area contributed by atoms with Crippen molar-refractivity contribution in [3.05, 3.63) is 37.0 Å². The Morgan fingerprint density at radius 3 is 1.56 bits per heavy atom. The lowest BCUT2D eigenvalue weighted by Crippen LogP contribution is -2.12. The molecule has 0 aromatic rings. The van der Waals surface area contributed by atoms with E-state index < -0.39 is 0 Å². The van der Waals surface area contributed by atoms with Gasteiger partial charge in [-0.3, -0.25) is 0 Å². The van der Waals surface area contributed by atoms with Gasteiger partial charge in [0.05, 0.1) is 0 Å². The lowest BCUT2D eigenvalue weighted by Gasteiger charge is -2.07. The summed E-state index contributed by atoms with van der Waals surface area (Å²) in [5.74, 6) is 0. The standard InChI is InChI=1S/C14H26.C5H13N.C3H8.C2H6.C2H4/c1-5-8-10-11-13(4)14(7-3)12-9-6-2;1-3-5-6-4-2;1-3-2;2*1-2/h7H,3,5-6,8-12H2,1-2,4H3;6H,3-5H2,1-2H3;3H2,1-2H3;1-2H3;1-2H2/b14-13-;;;;. The molecule has 0 aromatic carbocycles. The molecule has 0 aromatic heterocycles. The first-order valence-electron chi connectivity index (χ1n) is 11.6. The summed E-state index contributed by atoms with van der Waals surface area (Å²) >= 11 is 0. The van der Waals surface area contributed by atoms with Crippen LogP contribution in [0.3, 0.4) is 0 Å². The number of allylic oxidation sites excluding steroid dienone is 3. The second kappa shape index (κ2) is 44.5. The van der Waals surface area contributed by atoms with Crippen LogP contribution in [0.25, 0.3) is 0 Å². The highest BCUT2D eigenvalue weighted by Crippen LogP contribution is 2.18. The minimum Gasteiger partial charge on any atom is -0.317 e. The zero-order chi connectivity index (χ0) is 22.3. The number of hydrogen-bond donors (Lipinski definition) is 1. The molecular formula is C26H57N. The molecule has 0 aliphatic carbocycles. The van der Waals surface area contributed by atoms with Crippen LogP contribution in [0.15, 0.2) is 37.0 Å². The van der Waals surface area contributed by atoms with Gasteiger partial charge in [-0.05, 0) is 57.7 Å². The molecule has 0 saturated heterocycles. The van der Waals surface area contributed by atoms with Gasteiger partial charge < -0.3 is 5.32 Å². The zero-order valence-electron chi connectivity index (χ0n) is 21.0. The molecule has 0 aliphatic rings.